The van der Waals surface area contributed by atoms with Crippen molar-refractivity contribution < 1.29 is 4.79 Å². The summed E-state index contributed by atoms with van der Waals surface area (Å²) in [4.78, 5) is 12.7. The molecule has 2 aromatic rings. The third-order valence-corrected chi connectivity index (χ3v) is 3.73. The molecule has 0 spiro atoms. The molecule has 1 aromatic heterocycles. The molecule has 1 atom stereocenters. The highest BCUT2D eigenvalue weighted by molar-refractivity contribution is 7.08. The average Bonchev–Trinajstić information content (AvgIpc) is 2.88. The van der Waals surface area contributed by atoms with Gasteiger partial charge in [-0.3, -0.25) is 4.79 Å². The molecule has 100 valence electrons. The normalized spacial score (nSPS) is 12.2. The topological polar surface area (TPSA) is 54.9 Å². The molecule has 5 heteroatoms. The van der Waals surface area contributed by atoms with Crippen LogP contribution in [0.2, 0.25) is 0 Å². The molecule has 0 fully saturated rings. The van der Waals surface area contributed by atoms with Crippen LogP contribution in [-0.4, -0.2) is 21.5 Å². The van der Waals surface area contributed by atoms with Crippen molar-refractivity contribution in [3.8, 4) is 11.3 Å². The second-order valence-corrected chi connectivity index (χ2v) is 5.35. The van der Waals surface area contributed by atoms with Gasteiger partial charge in [0.15, 0.2) is 0 Å². The Morgan fingerprint density at radius 3 is 2.68 bits per heavy atom. The van der Waals surface area contributed by atoms with E-state index in [1.807, 2.05) is 45.0 Å². The highest BCUT2D eigenvalue weighted by atomic mass is 32.1. The summed E-state index contributed by atoms with van der Waals surface area (Å²) in [7, 11) is 0. The molecule has 1 heterocycles. The zero-order valence-corrected chi connectivity index (χ0v) is 12.1. The van der Waals surface area contributed by atoms with Gasteiger partial charge in [0.25, 0.3) is 5.91 Å². The molecule has 0 radical (unpaired) electrons. The first-order valence-corrected chi connectivity index (χ1v) is 7.09. The fourth-order valence-corrected chi connectivity index (χ4v) is 2.22. The van der Waals surface area contributed by atoms with Crippen molar-refractivity contribution in [1.82, 2.24) is 14.9 Å². The van der Waals surface area contributed by atoms with Crippen molar-refractivity contribution in [3.05, 3.63) is 34.7 Å². The van der Waals surface area contributed by atoms with Gasteiger partial charge in [-0.2, -0.15) is 0 Å². The number of benzene rings is 1. The number of hydrogen-bond donors (Lipinski definition) is 1. The van der Waals surface area contributed by atoms with Crippen LogP contribution in [0.25, 0.3) is 11.3 Å². The van der Waals surface area contributed by atoms with Crippen LogP contribution in [0.1, 0.15) is 35.5 Å². The monoisotopic (exact) mass is 275 g/mol. The molecule has 1 aromatic carbocycles. The second kappa shape index (κ2) is 5.93. The molecule has 2 rings (SSSR count). The first-order chi connectivity index (χ1) is 9.11. The molecule has 0 saturated heterocycles. The van der Waals surface area contributed by atoms with E-state index < -0.39 is 0 Å². The van der Waals surface area contributed by atoms with Gasteiger partial charge in [0.2, 0.25) is 0 Å². The van der Waals surface area contributed by atoms with E-state index >= 15 is 0 Å². The third kappa shape index (κ3) is 3.17. The van der Waals surface area contributed by atoms with E-state index in [1.165, 1.54) is 5.56 Å². The van der Waals surface area contributed by atoms with Crippen molar-refractivity contribution in [1.29, 1.82) is 0 Å². The molecule has 1 N–H and O–H groups in total. The summed E-state index contributed by atoms with van der Waals surface area (Å²) in [5, 5.41) is 7.02. The molecule has 4 nitrogen and oxygen atoms in total. The zero-order chi connectivity index (χ0) is 13.8. The van der Waals surface area contributed by atoms with E-state index in [2.05, 4.69) is 14.9 Å². The standard InChI is InChI=1S/C14H17N3OS/c1-4-10(3)15-14(18)13-12(16-17-19-13)11-7-5-9(2)6-8-11/h5-8,10H,4H2,1-3H3,(H,15,18). The minimum absolute atomic E-state index is 0.0973. The number of rotatable bonds is 4. The summed E-state index contributed by atoms with van der Waals surface area (Å²) >= 11 is 1.14. The van der Waals surface area contributed by atoms with Crippen molar-refractivity contribution in [3.63, 3.8) is 0 Å². The number of aromatic nitrogens is 2. The first kappa shape index (κ1) is 13.7. The van der Waals surface area contributed by atoms with Crippen molar-refractivity contribution in [2.24, 2.45) is 0 Å². The molecule has 19 heavy (non-hydrogen) atoms. The summed E-state index contributed by atoms with van der Waals surface area (Å²) in [6.45, 7) is 6.05. The van der Waals surface area contributed by atoms with Crippen LogP contribution in [0.15, 0.2) is 24.3 Å². The number of amides is 1. The highest BCUT2D eigenvalue weighted by Crippen LogP contribution is 2.24. The molecule has 0 saturated carbocycles. The van der Waals surface area contributed by atoms with Gasteiger partial charge >= 0.3 is 0 Å². The molecule has 0 bridgehead atoms. The van der Waals surface area contributed by atoms with Crippen LogP contribution in [0, 0.1) is 6.92 Å². The van der Waals surface area contributed by atoms with E-state index in [-0.39, 0.29) is 11.9 Å². The summed E-state index contributed by atoms with van der Waals surface area (Å²) in [6.07, 6.45) is 0.901. The lowest BCUT2D eigenvalue weighted by atomic mass is 10.1. The largest absolute Gasteiger partial charge is 0.349 e. The van der Waals surface area contributed by atoms with Crippen LogP contribution < -0.4 is 5.32 Å². The maximum absolute atomic E-state index is 12.2. The van der Waals surface area contributed by atoms with Crippen LogP contribution in [0.5, 0.6) is 0 Å². The number of carbonyl (C=O) groups excluding carboxylic acids is 1. The second-order valence-electron chi connectivity index (χ2n) is 4.60. The lowest BCUT2D eigenvalue weighted by molar-refractivity contribution is 0.0944. The smallest absolute Gasteiger partial charge is 0.265 e. The molecular formula is C14H17N3OS. The summed E-state index contributed by atoms with van der Waals surface area (Å²) in [5.74, 6) is -0.0973. The maximum atomic E-state index is 12.2. The van der Waals surface area contributed by atoms with Gasteiger partial charge < -0.3 is 5.32 Å². The van der Waals surface area contributed by atoms with E-state index in [9.17, 15) is 4.79 Å². The minimum atomic E-state index is -0.0973. The van der Waals surface area contributed by atoms with Gasteiger partial charge in [-0.25, -0.2) is 0 Å². The third-order valence-electron chi connectivity index (χ3n) is 3.01. The average molecular weight is 275 g/mol. The Morgan fingerprint density at radius 2 is 2.05 bits per heavy atom. The Bertz CT molecular complexity index is 562. The fraction of sp³-hybridized carbons (Fsp3) is 0.357. The molecule has 0 aliphatic rings. The van der Waals surface area contributed by atoms with Crippen LogP contribution in [-0.2, 0) is 0 Å². The predicted octanol–water partition coefficient (Wildman–Crippen LogP) is 3.04. The van der Waals surface area contributed by atoms with E-state index in [0.29, 0.717) is 10.6 Å². The summed E-state index contributed by atoms with van der Waals surface area (Å²) in [6, 6.07) is 8.09. The summed E-state index contributed by atoms with van der Waals surface area (Å²) < 4.78 is 3.91. The van der Waals surface area contributed by atoms with Crippen LogP contribution >= 0.6 is 11.5 Å². The van der Waals surface area contributed by atoms with Crippen LogP contribution in [0.4, 0.5) is 0 Å². The summed E-state index contributed by atoms with van der Waals surface area (Å²) in [5.41, 5.74) is 2.76. The maximum Gasteiger partial charge on any atom is 0.265 e. The lowest BCUT2D eigenvalue weighted by Crippen LogP contribution is -2.31. The number of nitrogens with zero attached hydrogens (tertiary/aromatic N) is 2. The Morgan fingerprint density at radius 1 is 1.37 bits per heavy atom. The SMILES string of the molecule is CCC(C)NC(=O)c1snnc1-c1ccc(C)cc1. The zero-order valence-electron chi connectivity index (χ0n) is 11.3. The van der Waals surface area contributed by atoms with Gasteiger partial charge in [-0.15, -0.1) is 5.10 Å². The van der Waals surface area contributed by atoms with Gasteiger partial charge in [-0.05, 0) is 31.8 Å². The quantitative estimate of drug-likeness (QED) is 0.933. The molecular weight excluding hydrogens is 258 g/mol. The number of nitrogens with one attached hydrogen (secondary N) is 1. The Labute approximate surface area is 117 Å². The first-order valence-electron chi connectivity index (χ1n) is 6.32. The Hall–Kier alpha value is -1.75. The number of carbonyl (C=O) groups is 1. The van der Waals surface area contributed by atoms with Gasteiger partial charge in [0.05, 0.1) is 0 Å². The molecule has 0 aliphatic heterocycles. The van der Waals surface area contributed by atoms with Gasteiger partial charge in [-0.1, -0.05) is 41.2 Å². The predicted molar refractivity (Wildman–Crippen MR) is 77.3 cm³/mol. The Balaban J connectivity index is 2.27. The van der Waals surface area contributed by atoms with E-state index in [4.69, 9.17) is 0 Å². The Kier molecular flexibility index (Phi) is 4.27. The lowest BCUT2D eigenvalue weighted by Gasteiger charge is -2.10. The highest BCUT2D eigenvalue weighted by Gasteiger charge is 2.18. The number of hydrogen-bond acceptors (Lipinski definition) is 4. The fourth-order valence-electron chi connectivity index (χ4n) is 1.63. The van der Waals surface area contributed by atoms with Crippen molar-refractivity contribution in [2.75, 3.05) is 0 Å². The van der Waals surface area contributed by atoms with Crippen molar-refractivity contribution >= 4 is 17.4 Å². The van der Waals surface area contributed by atoms with E-state index in [0.717, 1.165) is 23.5 Å². The van der Waals surface area contributed by atoms with Gasteiger partial charge in [0, 0.05) is 11.6 Å². The van der Waals surface area contributed by atoms with Gasteiger partial charge in [0.1, 0.15) is 10.6 Å². The van der Waals surface area contributed by atoms with Crippen molar-refractivity contribution in [2.45, 2.75) is 33.2 Å². The molecule has 1 unspecified atom stereocenters. The number of aryl methyl sites for hydroxylation is 1. The minimum Gasteiger partial charge on any atom is -0.349 e. The van der Waals surface area contributed by atoms with E-state index in [1.54, 1.807) is 0 Å². The molecule has 1 amide bonds. The van der Waals surface area contributed by atoms with Crippen LogP contribution in [0.3, 0.4) is 0 Å². The molecule has 0 aliphatic carbocycles.